The van der Waals surface area contributed by atoms with Crippen molar-refractivity contribution in [1.29, 1.82) is 0 Å². The third kappa shape index (κ3) is 3.22. The van der Waals surface area contributed by atoms with Gasteiger partial charge in [0.1, 0.15) is 11.5 Å². The molecule has 3 aliphatic rings. The fourth-order valence-corrected chi connectivity index (χ4v) is 7.05. The molecule has 0 radical (unpaired) electrons. The molecule has 2 aliphatic heterocycles. The van der Waals surface area contributed by atoms with E-state index >= 15 is 0 Å². The predicted octanol–water partition coefficient (Wildman–Crippen LogP) is 6.96. The van der Waals surface area contributed by atoms with Gasteiger partial charge in [-0.15, -0.1) is 0 Å². The molecule has 0 aromatic heterocycles. The first kappa shape index (κ1) is 23.8. The zero-order valence-corrected chi connectivity index (χ0v) is 21.9. The van der Waals surface area contributed by atoms with Crippen LogP contribution in [0.3, 0.4) is 0 Å². The Morgan fingerprint density at radius 2 is 1.46 bits per heavy atom. The molecule has 1 aliphatic carbocycles. The third-order valence-corrected chi connectivity index (χ3v) is 8.76. The summed E-state index contributed by atoms with van der Waals surface area (Å²) in [5.41, 5.74) is 3.35. The molecule has 7 rings (SSSR count). The van der Waals surface area contributed by atoms with Gasteiger partial charge < -0.3 is 4.90 Å². The topological polar surface area (TPSA) is 54.5 Å². The van der Waals surface area contributed by atoms with Gasteiger partial charge in [0.15, 0.2) is 17.3 Å². The van der Waals surface area contributed by atoms with Crippen LogP contribution in [0, 0.1) is 12.3 Å². The number of carbonyl (C=O) groups excluding carboxylic acids is 3. The zero-order valence-electron chi connectivity index (χ0n) is 21.2. The molecule has 0 N–H and O–H groups in total. The minimum absolute atomic E-state index is 0.126. The molecule has 5 heteroatoms. The molecule has 4 aromatic carbocycles. The number of rotatable bonds is 3. The fourth-order valence-electron chi connectivity index (χ4n) is 6.87. The van der Waals surface area contributed by atoms with E-state index in [-0.39, 0.29) is 17.3 Å². The number of fused-ring (bicyclic) bond motifs is 5. The molecular weight excluding hydrogens is 506 g/mol. The van der Waals surface area contributed by atoms with Crippen LogP contribution in [0.2, 0.25) is 5.02 Å². The number of halogens is 1. The van der Waals surface area contributed by atoms with Gasteiger partial charge in [-0.1, -0.05) is 108 Å². The van der Waals surface area contributed by atoms with E-state index in [0.29, 0.717) is 21.7 Å². The molecule has 0 unspecified atom stereocenters. The lowest BCUT2D eigenvalue weighted by atomic mass is 9.64. The Kier molecular flexibility index (Phi) is 5.26. The van der Waals surface area contributed by atoms with Crippen molar-refractivity contribution in [1.82, 2.24) is 0 Å². The molecule has 4 aromatic rings. The van der Waals surface area contributed by atoms with Gasteiger partial charge >= 0.3 is 0 Å². The van der Waals surface area contributed by atoms with Gasteiger partial charge in [-0.25, -0.2) is 0 Å². The van der Waals surface area contributed by atoms with E-state index in [9.17, 15) is 14.4 Å². The molecule has 4 nitrogen and oxygen atoms in total. The quantitative estimate of drug-likeness (QED) is 0.212. The van der Waals surface area contributed by atoms with Crippen molar-refractivity contribution in [3.05, 3.63) is 142 Å². The highest BCUT2D eigenvalue weighted by atomic mass is 35.5. The van der Waals surface area contributed by atoms with E-state index in [1.165, 1.54) is 0 Å². The van der Waals surface area contributed by atoms with E-state index in [2.05, 4.69) is 0 Å². The number of hydrogen-bond acceptors (Lipinski definition) is 4. The van der Waals surface area contributed by atoms with Gasteiger partial charge in [0, 0.05) is 33.3 Å². The van der Waals surface area contributed by atoms with Crippen LogP contribution in [0.1, 0.15) is 53.7 Å². The Bertz CT molecular complexity index is 1670. The van der Waals surface area contributed by atoms with Crippen LogP contribution in [-0.4, -0.2) is 29.4 Å². The molecule has 0 bridgehead atoms. The summed E-state index contributed by atoms with van der Waals surface area (Å²) in [6.07, 6.45) is 3.84. The normalized spacial score (nSPS) is 22.1. The summed E-state index contributed by atoms with van der Waals surface area (Å²) >= 11 is 6.35. The monoisotopic (exact) mass is 529 g/mol. The second-order valence-electron chi connectivity index (χ2n) is 10.6. The Morgan fingerprint density at radius 1 is 0.821 bits per heavy atom. The van der Waals surface area contributed by atoms with Crippen LogP contribution in [0.5, 0.6) is 0 Å². The average Bonchev–Trinajstić information content (AvgIpc) is 3.39. The van der Waals surface area contributed by atoms with Crippen LogP contribution in [-0.2, 0) is 0 Å². The molecule has 1 spiro atoms. The highest BCUT2D eigenvalue weighted by Gasteiger charge is 2.71. The van der Waals surface area contributed by atoms with Crippen molar-refractivity contribution in [2.45, 2.75) is 24.9 Å². The van der Waals surface area contributed by atoms with Crippen molar-refractivity contribution in [3.63, 3.8) is 0 Å². The van der Waals surface area contributed by atoms with Gasteiger partial charge in [-0.2, -0.15) is 0 Å². The van der Waals surface area contributed by atoms with Crippen molar-refractivity contribution < 1.29 is 14.4 Å². The van der Waals surface area contributed by atoms with E-state index < -0.39 is 23.4 Å². The highest BCUT2D eigenvalue weighted by molar-refractivity contribution is 6.32. The maximum atomic E-state index is 14.6. The SMILES string of the molecule is Cc1ccc(C(=O)[C@@H]2[C@H](c3ccccc3)C3(C(=O)c4ccccc4C3=O)[C@H]3C=Cc4cc(Cl)ccc4N23)cc1. The minimum Gasteiger partial charge on any atom is -0.352 e. The molecule has 3 atom stereocenters. The molecule has 0 amide bonds. The number of nitrogens with zero attached hydrogens (tertiary/aromatic N) is 1. The summed E-state index contributed by atoms with van der Waals surface area (Å²) in [6, 6.07) is 28.2. The first-order valence-corrected chi connectivity index (χ1v) is 13.4. The van der Waals surface area contributed by atoms with Crippen LogP contribution in [0.25, 0.3) is 6.08 Å². The second kappa shape index (κ2) is 8.62. The zero-order chi connectivity index (χ0) is 26.9. The predicted molar refractivity (Wildman–Crippen MR) is 153 cm³/mol. The minimum atomic E-state index is -1.50. The lowest BCUT2D eigenvalue weighted by molar-refractivity contribution is 0.0666. The van der Waals surface area contributed by atoms with Gasteiger partial charge in [0.2, 0.25) is 0 Å². The molecule has 1 saturated heterocycles. The van der Waals surface area contributed by atoms with Crippen molar-refractivity contribution in [2.24, 2.45) is 5.41 Å². The average molecular weight is 530 g/mol. The molecule has 39 heavy (non-hydrogen) atoms. The summed E-state index contributed by atoms with van der Waals surface area (Å²) in [5, 5.41) is 0.576. The number of Topliss-reactive ketones (excluding diaryl/α,β-unsaturated/α-hetero) is 3. The fraction of sp³-hybridized carbons (Fsp3) is 0.147. The number of hydrogen-bond donors (Lipinski definition) is 0. The van der Waals surface area contributed by atoms with Crippen LogP contribution in [0.4, 0.5) is 5.69 Å². The first-order chi connectivity index (χ1) is 18.9. The van der Waals surface area contributed by atoms with Gasteiger partial charge in [-0.05, 0) is 36.2 Å². The number of carbonyl (C=O) groups is 3. The number of anilines is 1. The summed E-state index contributed by atoms with van der Waals surface area (Å²) in [6.45, 7) is 1.98. The Hall–Kier alpha value is -4.28. The number of aryl methyl sites for hydroxylation is 1. The number of benzene rings is 4. The van der Waals surface area contributed by atoms with Crippen molar-refractivity contribution >= 4 is 40.7 Å². The van der Waals surface area contributed by atoms with Crippen LogP contribution < -0.4 is 4.90 Å². The summed E-state index contributed by atoms with van der Waals surface area (Å²) in [7, 11) is 0. The lowest BCUT2D eigenvalue weighted by Crippen LogP contribution is -2.48. The smallest absolute Gasteiger partial charge is 0.185 e. The number of ketones is 3. The highest BCUT2D eigenvalue weighted by Crippen LogP contribution is 2.61. The lowest BCUT2D eigenvalue weighted by Gasteiger charge is -2.37. The molecule has 2 heterocycles. The summed E-state index contributed by atoms with van der Waals surface area (Å²) in [4.78, 5) is 45.7. The van der Waals surface area contributed by atoms with E-state index in [0.717, 1.165) is 22.4 Å². The van der Waals surface area contributed by atoms with Gasteiger partial charge in [0.25, 0.3) is 0 Å². The Morgan fingerprint density at radius 3 is 2.13 bits per heavy atom. The maximum absolute atomic E-state index is 14.6. The summed E-state index contributed by atoms with van der Waals surface area (Å²) < 4.78 is 0. The van der Waals surface area contributed by atoms with Gasteiger partial charge in [0.05, 0.1) is 6.04 Å². The van der Waals surface area contributed by atoms with Crippen LogP contribution >= 0.6 is 11.6 Å². The van der Waals surface area contributed by atoms with E-state index in [1.54, 1.807) is 30.3 Å². The Balaban J connectivity index is 1.54. The Labute approximate surface area is 231 Å². The maximum Gasteiger partial charge on any atom is 0.185 e. The second-order valence-corrected chi connectivity index (χ2v) is 11.0. The first-order valence-electron chi connectivity index (χ1n) is 13.0. The summed E-state index contributed by atoms with van der Waals surface area (Å²) in [5.74, 6) is -1.30. The molecule has 1 fully saturated rings. The van der Waals surface area contributed by atoms with Crippen molar-refractivity contribution in [2.75, 3.05) is 4.90 Å². The van der Waals surface area contributed by atoms with Crippen molar-refractivity contribution in [3.8, 4) is 0 Å². The molecular formula is C34H24ClNO3. The standard InChI is InChI=1S/C34H24ClNO3/c1-20-11-13-22(14-12-20)31(37)30-29(21-7-3-2-4-8-21)34(32(38)25-9-5-6-10-26(25)33(34)39)28-18-15-23-19-24(35)16-17-27(23)36(28)30/h2-19,28-30H,1H3/t28-,29+,30+/m1/s1. The third-order valence-electron chi connectivity index (χ3n) is 8.53. The molecule has 190 valence electrons. The molecule has 0 saturated carbocycles. The largest absolute Gasteiger partial charge is 0.352 e. The van der Waals surface area contributed by atoms with Gasteiger partial charge in [-0.3, -0.25) is 14.4 Å². The van der Waals surface area contributed by atoms with E-state index in [1.807, 2.05) is 90.7 Å². The van der Waals surface area contributed by atoms with E-state index in [4.69, 9.17) is 11.6 Å². The van der Waals surface area contributed by atoms with Crippen LogP contribution in [0.15, 0.2) is 103 Å².